The highest BCUT2D eigenvalue weighted by molar-refractivity contribution is 5.78. The summed E-state index contributed by atoms with van der Waals surface area (Å²) >= 11 is 0. The lowest BCUT2D eigenvalue weighted by molar-refractivity contribution is -0.146. The van der Waals surface area contributed by atoms with Crippen molar-refractivity contribution in [3.05, 3.63) is 0 Å². The fourth-order valence-electron chi connectivity index (χ4n) is 2.14. The molecule has 1 rings (SSSR count). The van der Waals surface area contributed by atoms with Crippen LogP contribution in [0.2, 0.25) is 0 Å². The first-order valence-electron chi connectivity index (χ1n) is 6.28. The Bertz CT molecular complexity index is 358. The summed E-state index contributed by atoms with van der Waals surface area (Å²) in [5.74, 6) is -1.39. The molecule has 2 N–H and O–H groups in total. The van der Waals surface area contributed by atoms with Crippen LogP contribution in [0.25, 0.3) is 0 Å². The van der Waals surface area contributed by atoms with E-state index in [1.165, 1.54) is 7.11 Å². The number of hydrogen-bond donors (Lipinski definition) is 2. The maximum Gasteiger partial charge on any atom is 0.317 e. The third kappa shape index (κ3) is 4.42. The molecule has 7 heteroatoms. The lowest BCUT2D eigenvalue weighted by Crippen LogP contribution is -2.39. The van der Waals surface area contributed by atoms with Crippen LogP contribution in [0.3, 0.4) is 0 Å². The highest BCUT2D eigenvalue weighted by Gasteiger charge is 2.37. The molecular weight excluding hydrogens is 252 g/mol. The normalized spacial score (nSPS) is 22.1. The van der Waals surface area contributed by atoms with Gasteiger partial charge in [0.1, 0.15) is 0 Å². The highest BCUT2D eigenvalue weighted by Crippen LogP contribution is 2.23. The minimum Gasteiger partial charge on any atom is -0.481 e. The van der Waals surface area contributed by atoms with E-state index in [1.54, 1.807) is 4.90 Å². The molecule has 0 aliphatic carbocycles. The monoisotopic (exact) mass is 272 g/mol. The van der Waals surface area contributed by atoms with Crippen molar-refractivity contribution in [3.8, 4) is 0 Å². The first-order valence-corrected chi connectivity index (χ1v) is 6.28. The van der Waals surface area contributed by atoms with Crippen molar-refractivity contribution in [2.75, 3.05) is 26.7 Å². The molecule has 1 saturated heterocycles. The zero-order chi connectivity index (χ0) is 14.4. The number of nitrogens with zero attached hydrogens (tertiary/aromatic N) is 1. The SMILES string of the molecule is COC(=O)[C@@H]1CN(C(=O)NCCCC(=O)O)C[C@H]1C. The molecule has 1 fully saturated rings. The fourth-order valence-corrected chi connectivity index (χ4v) is 2.14. The average molecular weight is 272 g/mol. The summed E-state index contributed by atoms with van der Waals surface area (Å²) in [4.78, 5) is 35.2. The third-order valence-corrected chi connectivity index (χ3v) is 3.25. The maximum absolute atomic E-state index is 11.8. The molecular formula is C12H20N2O5. The molecule has 0 unspecified atom stereocenters. The zero-order valence-corrected chi connectivity index (χ0v) is 11.2. The predicted molar refractivity (Wildman–Crippen MR) is 66.5 cm³/mol. The van der Waals surface area contributed by atoms with Crippen molar-refractivity contribution in [2.45, 2.75) is 19.8 Å². The number of urea groups is 1. The number of esters is 1. The van der Waals surface area contributed by atoms with Crippen LogP contribution >= 0.6 is 0 Å². The smallest absolute Gasteiger partial charge is 0.317 e. The van der Waals surface area contributed by atoms with Crippen molar-refractivity contribution in [3.63, 3.8) is 0 Å². The van der Waals surface area contributed by atoms with Gasteiger partial charge in [0.15, 0.2) is 0 Å². The molecule has 0 radical (unpaired) electrons. The molecule has 0 saturated carbocycles. The Morgan fingerprint density at radius 1 is 1.37 bits per heavy atom. The summed E-state index contributed by atoms with van der Waals surface area (Å²) in [7, 11) is 1.34. The molecule has 0 aromatic carbocycles. The van der Waals surface area contributed by atoms with Gasteiger partial charge in [-0.15, -0.1) is 0 Å². The minimum absolute atomic E-state index is 0.0292. The molecule has 19 heavy (non-hydrogen) atoms. The fraction of sp³-hybridized carbons (Fsp3) is 0.750. The molecule has 0 spiro atoms. The van der Waals surface area contributed by atoms with Gasteiger partial charge in [-0.3, -0.25) is 9.59 Å². The highest BCUT2D eigenvalue weighted by atomic mass is 16.5. The Hall–Kier alpha value is -1.79. The molecule has 1 aliphatic rings. The van der Waals surface area contributed by atoms with Gasteiger partial charge in [0, 0.05) is 26.1 Å². The van der Waals surface area contributed by atoms with Gasteiger partial charge in [-0.25, -0.2) is 4.79 Å². The number of carboxylic acid groups (broad SMARTS) is 1. The van der Waals surface area contributed by atoms with Gasteiger partial charge in [0.05, 0.1) is 13.0 Å². The second-order valence-corrected chi connectivity index (χ2v) is 4.74. The van der Waals surface area contributed by atoms with E-state index in [0.717, 1.165) is 0 Å². The van der Waals surface area contributed by atoms with Crippen LogP contribution in [0, 0.1) is 11.8 Å². The molecule has 2 amide bonds. The third-order valence-electron chi connectivity index (χ3n) is 3.25. The van der Waals surface area contributed by atoms with Crippen molar-refractivity contribution in [1.29, 1.82) is 0 Å². The second-order valence-electron chi connectivity index (χ2n) is 4.74. The largest absolute Gasteiger partial charge is 0.481 e. The van der Waals surface area contributed by atoms with Crippen molar-refractivity contribution in [1.82, 2.24) is 10.2 Å². The van der Waals surface area contributed by atoms with E-state index in [9.17, 15) is 14.4 Å². The van der Waals surface area contributed by atoms with E-state index in [2.05, 4.69) is 5.32 Å². The minimum atomic E-state index is -0.880. The Balaban J connectivity index is 2.34. The number of likely N-dealkylation sites (tertiary alicyclic amines) is 1. The van der Waals surface area contributed by atoms with Gasteiger partial charge in [-0.05, 0) is 12.3 Å². The molecule has 0 aromatic heterocycles. The first-order chi connectivity index (χ1) is 8.95. The summed E-state index contributed by atoms with van der Waals surface area (Å²) in [6, 6.07) is -0.261. The Morgan fingerprint density at radius 2 is 2.05 bits per heavy atom. The molecule has 7 nitrogen and oxygen atoms in total. The van der Waals surface area contributed by atoms with Crippen LogP contribution in [-0.2, 0) is 14.3 Å². The summed E-state index contributed by atoms with van der Waals surface area (Å²) in [5, 5.41) is 11.1. The van der Waals surface area contributed by atoms with Gasteiger partial charge < -0.3 is 20.1 Å². The van der Waals surface area contributed by atoms with Crippen LogP contribution < -0.4 is 5.32 Å². The van der Waals surface area contributed by atoms with Crippen molar-refractivity contribution in [2.24, 2.45) is 11.8 Å². The number of carbonyl (C=O) groups is 3. The van der Waals surface area contributed by atoms with Gasteiger partial charge in [-0.2, -0.15) is 0 Å². The Morgan fingerprint density at radius 3 is 2.63 bits per heavy atom. The van der Waals surface area contributed by atoms with E-state index in [4.69, 9.17) is 9.84 Å². The quantitative estimate of drug-likeness (QED) is 0.554. The number of carboxylic acids is 1. The lowest BCUT2D eigenvalue weighted by Gasteiger charge is -2.16. The van der Waals surface area contributed by atoms with Gasteiger partial charge in [0.2, 0.25) is 0 Å². The van der Waals surface area contributed by atoms with E-state index in [-0.39, 0.29) is 30.3 Å². The number of rotatable bonds is 5. The van der Waals surface area contributed by atoms with Crippen LogP contribution in [0.15, 0.2) is 0 Å². The van der Waals surface area contributed by atoms with E-state index in [1.807, 2.05) is 6.92 Å². The predicted octanol–water partition coefficient (Wildman–Crippen LogP) is 0.302. The summed E-state index contributed by atoms with van der Waals surface area (Å²) in [5.41, 5.74) is 0. The summed E-state index contributed by atoms with van der Waals surface area (Å²) in [6.07, 6.45) is 0.423. The van der Waals surface area contributed by atoms with Gasteiger partial charge >= 0.3 is 18.0 Å². The Kier molecular flexibility index (Phi) is 5.59. The van der Waals surface area contributed by atoms with Crippen molar-refractivity contribution >= 4 is 18.0 Å². The second kappa shape index (κ2) is 6.96. The molecule has 0 bridgehead atoms. The number of nitrogens with one attached hydrogen (secondary N) is 1. The zero-order valence-electron chi connectivity index (χ0n) is 11.2. The van der Waals surface area contributed by atoms with Gasteiger partial charge in [-0.1, -0.05) is 6.92 Å². The van der Waals surface area contributed by atoms with E-state index in [0.29, 0.717) is 26.1 Å². The van der Waals surface area contributed by atoms with Crippen LogP contribution in [0.1, 0.15) is 19.8 Å². The van der Waals surface area contributed by atoms with Crippen molar-refractivity contribution < 1.29 is 24.2 Å². The number of ether oxygens (including phenoxy) is 1. The molecule has 108 valence electrons. The number of carbonyl (C=O) groups excluding carboxylic acids is 2. The van der Waals surface area contributed by atoms with E-state index >= 15 is 0 Å². The number of hydrogen-bond acceptors (Lipinski definition) is 4. The molecule has 2 atom stereocenters. The summed E-state index contributed by atoms with van der Waals surface area (Å²) in [6.45, 7) is 3.07. The number of methoxy groups -OCH3 is 1. The number of amides is 2. The number of aliphatic carboxylic acids is 1. The van der Waals surface area contributed by atoms with Gasteiger partial charge in [0.25, 0.3) is 0 Å². The van der Waals surface area contributed by atoms with E-state index < -0.39 is 5.97 Å². The topological polar surface area (TPSA) is 95.9 Å². The molecule has 1 heterocycles. The first kappa shape index (κ1) is 15.3. The standard InChI is InChI=1S/C12H20N2O5/c1-8-6-14(7-9(8)11(17)19-2)12(18)13-5-3-4-10(15)16/h8-9H,3-7H2,1-2H3,(H,13,18)(H,15,16)/t8-,9-/m1/s1. The Labute approximate surface area is 111 Å². The van der Waals surface area contributed by atoms with Crippen LogP contribution in [-0.4, -0.2) is 54.7 Å². The molecule has 0 aromatic rings. The van der Waals surface area contributed by atoms with Crippen LogP contribution in [0.4, 0.5) is 4.79 Å². The average Bonchev–Trinajstić information content (AvgIpc) is 2.75. The maximum atomic E-state index is 11.8. The van der Waals surface area contributed by atoms with Crippen LogP contribution in [0.5, 0.6) is 0 Å². The summed E-state index contributed by atoms with van der Waals surface area (Å²) < 4.78 is 4.69. The lowest BCUT2D eigenvalue weighted by atomic mass is 9.99. The molecule has 1 aliphatic heterocycles.